The maximum absolute atomic E-state index is 12.7. The Hall–Kier alpha value is -0.480. The molecule has 2 aliphatic rings. The highest BCUT2D eigenvalue weighted by Crippen LogP contribution is 2.51. The second kappa shape index (κ2) is 6.96. The van der Waals surface area contributed by atoms with Crippen LogP contribution in [0, 0.1) is 11.8 Å². The van der Waals surface area contributed by atoms with Crippen LogP contribution in [-0.4, -0.2) is 29.9 Å². The molecule has 1 amide bonds. The molecule has 0 spiro atoms. The molecule has 4 atom stereocenters. The molecule has 1 heterocycles. The van der Waals surface area contributed by atoms with E-state index in [0.717, 1.165) is 24.9 Å². The lowest BCUT2D eigenvalue weighted by Crippen LogP contribution is -2.35. The number of likely N-dealkylation sites (tertiary alicyclic amines) is 1. The van der Waals surface area contributed by atoms with Crippen LogP contribution in [0.5, 0.6) is 0 Å². The number of nitrogens with zero attached hydrogens (tertiary/aromatic N) is 1. The van der Waals surface area contributed by atoms with E-state index >= 15 is 0 Å². The van der Waals surface area contributed by atoms with Gasteiger partial charge < -0.3 is 10.6 Å². The van der Waals surface area contributed by atoms with Crippen LogP contribution in [0.1, 0.15) is 31.2 Å². The number of rotatable bonds is 3. The van der Waals surface area contributed by atoms with Gasteiger partial charge in [0, 0.05) is 28.5 Å². The van der Waals surface area contributed by atoms with E-state index in [2.05, 4.69) is 6.92 Å². The van der Waals surface area contributed by atoms with Crippen LogP contribution in [0.15, 0.2) is 18.2 Å². The van der Waals surface area contributed by atoms with Gasteiger partial charge in [0.1, 0.15) is 0 Å². The molecule has 22 heavy (non-hydrogen) atoms. The smallest absolute Gasteiger partial charge is 0.226 e. The minimum absolute atomic E-state index is 0. The van der Waals surface area contributed by atoms with Crippen LogP contribution < -0.4 is 5.73 Å². The number of halogens is 3. The van der Waals surface area contributed by atoms with Crippen molar-refractivity contribution in [2.24, 2.45) is 17.6 Å². The summed E-state index contributed by atoms with van der Waals surface area (Å²) >= 11 is 12.2. The molecule has 6 heteroatoms. The number of carbonyl (C=O) groups is 1. The SMILES string of the molecule is CC1CC(CN)CN1C(=O)C1CC1c1ccc(Cl)cc1Cl.Cl. The number of benzene rings is 1. The Morgan fingerprint density at radius 1 is 1.36 bits per heavy atom. The van der Waals surface area contributed by atoms with Crippen LogP contribution in [-0.2, 0) is 4.79 Å². The Labute approximate surface area is 147 Å². The summed E-state index contributed by atoms with van der Waals surface area (Å²) in [5.74, 6) is 1.02. The Balaban J connectivity index is 0.00000176. The maximum atomic E-state index is 12.7. The Morgan fingerprint density at radius 2 is 2.09 bits per heavy atom. The van der Waals surface area contributed by atoms with Gasteiger partial charge in [-0.1, -0.05) is 29.3 Å². The first-order valence-electron chi connectivity index (χ1n) is 7.46. The molecule has 1 aliphatic heterocycles. The van der Waals surface area contributed by atoms with Crippen molar-refractivity contribution >= 4 is 41.5 Å². The lowest BCUT2D eigenvalue weighted by atomic mass is 10.1. The molecule has 3 rings (SSSR count). The third-order valence-corrected chi connectivity index (χ3v) is 5.31. The quantitative estimate of drug-likeness (QED) is 0.889. The highest BCUT2D eigenvalue weighted by Gasteiger charge is 2.48. The van der Waals surface area contributed by atoms with Gasteiger partial charge in [0.2, 0.25) is 5.91 Å². The number of carbonyl (C=O) groups excluding carboxylic acids is 1. The van der Waals surface area contributed by atoms with E-state index in [-0.39, 0.29) is 30.2 Å². The fraction of sp³-hybridized carbons (Fsp3) is 0.562. The molecule has 3 nitrogen and oxygen atoms in total. The van der Waals surface area contributed by atoms with Crippen LogP contribution in [0.4, 0.5) is 0 Å². The molecular weight excluding hydrogens is 343 g/mol. The first-order chi connectivity index (χ1) is 10.0. The normalized spacial score (nSPS) is 30.1. The summed E-state index contributed by atoms with van der Waals surface area (Å²) in [5, 5.41) is 1.29. The molecule has 122 valence electrons. The minimum atomic E-state index is 0. The number of hydrogen-bond donors (Lipinski definition) is 1. The average Bonchev–Trinajstić information content (AvgIpc) is 3.13. The van der Waals surface area contributed by atoms with E-state index in [9.17, 15) is 4.79 Å². The van der Waals surface area contributed by atoms with Crippen molar-refractivity contribution in [1.82, 2.24) is 4.90 Å². The second-order valence-electron chi connectivity index (χ2n) is 6.29. The highest BCUT2D eigenvalue weighted by molar-refractivity contribution is 6.35. The summed E-state index contributed by atoms with van der Waals surface area (Å²) in [4.78, 5) is 14.7. The molecule has 0 radical (unpaired) electrons. The summed E-state index contributed by atoms with van der Waals surface area (Å²) in [6.45, 7) is 3.57. The van der Waals surface area contributed by atoms with Crippen molar-refractivity contribution in [3.63, 3.8) is 0 Å². The van der Waals surface area contributed by atoms with E-state index < -0.39 is 0 Å². The summed E-state index contributed by atoms with van der Waals surface area (Å²) in [7, 11) is 0. The summed E-state index contributed by atoms with van der Waals surface area (Å²) in [5.41, 5.74) is 6.78. The molecule has 0 bridgehead atoms. The van der Waals surface area contributed by atoms with E-state index in [1.807, 2.05) is 17.0 Å². The van der Waals surface area contributed by atoms with Crippen LogP contribution >= 0.6 is 35.6 Å². The Bertz CT molecular complexity index is 566. The summed E-state index contributed by atoms with van der Waals surface area (Å²) in [6.07, 6.45) is 1.90. The second-order valence-corrected chi connectivity index (χ2v) is 7.14. The van der Waals surface area contributed by atoms with Gasteiger partial charge in [-0.15, -0.1) is 12.4 Å². The standard InChI is InChI=1S/C16H20Cl2N2O.ClH/c1-9-4-10(7-19)8-20(9)16(21)14-6-13(14)12-3-2-11(17)5-15(12)18;/h2-3,5,9-10,13-14H,4,6-8,19H2,1H3;1H. The van der Waals surface area contributed by atoms with E-state index in [4.69, 9.17) is 28.9 Å². The monoisotopic (exact) mass is 362 g/mol. The van der Waals surface area contributed by atoms with Gasteiger partial charge in [-0.2, -0.15) is 0 Å². The first-order valence-corrected chi connectivity index (χ1v) is 8.22. The molecule has 0 aromatic heterocycles. The zero-order valence-electron chi connectivity index (χ0n) is 12.5. The fourth-order valence-electron chi connectivity index (χ4n) is 3.45. The van der Waals surface area contributed by atoms with Crippen molar-refractivity contribution < 1.29 is 4.79 Å². The van der Waals surface area contributed by atoms with Gasteiger partial charge >= 0.3 is 0 Å². The van der Waals surface area contributed by atoms with Gasteiger partial charge in [-0.3, -0.25) is 4.79 Å². The molecule has 1 saturated heterocycles. The molecule has 1 aromatic carbocycles. The van der Waals surface area contributed by atoms with Crippen molar-refractivity contribution in [3.8, 4) is 0 Å². The lowest BCUT2D eigenvalue weighted by molar-refractivity contribution is -0.133. The lowest BCUT2D eigenvalue weighted by Gasteiger charge is -2.21. The Morgan fingerprint density at radius 3 is 2.68 bits per heavy atom. The molecule has 4 unspecified atom stereocenters. The third kappa shape index (κ3) is 3.38. The van der Waals surface area contributed by atoms with Crippen molar-refractivity contribution in [2.45, 2.75) is 31.7 Å². The summed E-state index contributed by atoms with van der Waals surface area (Å²) < 4.78 is 0. The molecule has 1 aromatic rings. The Kier molecular flexibility index (Phi) is 5.65. The third-order valence-electron chi connectivity index (χ3n) is 4.75. The predicted octanol–water partition coefficient (Wildman–Crippen LogP) is 3.71. The van der Waals surface area contributed by atoms with Gasteiger partial charge in [0.25, 0.3) is 0 Å². The fourth-order valence-corrected chi connectivity index (χ4v) is 4.00. The van der Waals surface area contributed by atoms with Crippen LogP contribution in [0.3, 0.4) is 0 Å². The zero-order valence-corrected chi connectivity index (χ0v) is 14.8. The average molecular weight is 364 g/mol. The van der Waals surface area contributed by atoms with E-state index in [1.165, 1.54) is 0 Å². The maximum Gasteiger partial charge on any atom is 0.226 e. The number of amides is 1. The van der Waals surface area contributed by atoms with Gasteiger partial charge in [0.05, 0.1) is 0 Å². The molecule has 2 fully saturated rings. The van der Waals surface area contributed by atoms with Crippen LogP contribution in [0.2, 0.25) is 10.0 Å². The minimum Gasteiger partial charge on any atom is -0.339 e. The van der Waals surface area contributed by atoms with Gasteiger partial charge in [0.15, 0.2) is 0 Å². The van der Waals surface area contributed by atoms with Crippen molar-refractivity contribution in [3.05, 3.63) is 33.8 Å². The first kappa shape index (κ1) is 17.9. The van der Waals surface area contributed by atoms with Crippen molar-refractivity contribution in [1.29, 1.82) is 0 Å². The van der Waals surface area contributed by atoms with Crippen LogP contribution in [0.25, 0.3) is 0 Å². The highest BCUT2D eigenvalue weighted by atomic mass is 35.5. The molecule has 1 saturated carbocycles. The van der Waals surface area contributed by atoms with Crippen molar-refractivity contribution in [2.75, 3.05) is 13.1 Å². The molecular formula is C16H21Cl3N2O. The molecule has 2 N–H and O–H groups in total. The van der Waals surface area contributed by atoms with Gasteiger partial charge in [-0.05, 0) is 55.8 Å². The number of hydrogen-bond acceptors (Lipinski definition) is 2. The van der Waals surface area contributed by atoms with E-state index in [0.29, 0.717) is 28.5 Å². The molecule has 1 aliphatic carbocycles. The van der Waals surface area contributed by atoms with Gasteiger partial charge in [-0.25, -0.2) is 0 Å². The zero-order chi connectivity index (χ0) is 15.1. The predicted molar refractivity (Wildman–Crippen MR) is 92.9 cm³/mol. The number of nitrogens with two attached hydrogens (primary N) is 1. The topological polar surface area (TPSA) is 46.3 Å². The van der Waals surface area contributed by atoms with E-state index in [1.54, 1.807) is 6.07 Å². The summed E-state index contributed by atoms with van der Waals surface area (Å²) in [6, 6.07) is 5.83. The largest absolute Gasteiger partial charge is 0.339 e.